The standard InChI is InChI=1S/C18H35N3OS/c1-4-19-16(20-14-17(2)8-7-13-23-17)21-15-18(11-12-22-3)9-5-6-10-18/h4-15H2,1-3H3,(H2,19,20,21). The van der Waals surface area contributed by atoms with Gasteiger partial charge in [-0.15, -0.1) is 0 Å². The summed E-state index contributed by atoms with van der Waals surface area (Å²) < 4.78 is 5.70. The molecule has 2 rings (SSSR count). The van der Waals surface area contributed by atoms with Crippen LogP contribution in [0, 0.1) is 5.41 Å². The van der Waals surface area contributed by atoms with Gasteiger partial charge in [0.2, 0.25) is 0 Å². The number of aliphatic imine (C=N–C) groups is 1. The van der Waals surface area contributed by atoms with Crippen LogP contribution in [0.2, 0.25) is 0 Å². The van der Waals surface area contributed by atoms with E-state index in [1.54, 1.807) is 7.11 Å². The van der Waals surface area contributed by atoms with Gasteiger partial charge in [0.1, 0.15) is 0 Å². The van der Waals surface area contributed by atoms with E-state index in [9.17, 15) is 0 Å². The molecular weight excluding hydrogens is 306 g/mol. The summed E-state index contributed by atoms with van der Waals surface area (Å²) in [5.74, 6) is 2.29. The highest BCUT2D eigenvalue weighted by Crippen LogP contribution is 2.41. The number of rotatable bonds is 8. The molecule has 0 bridgehead atoms. The molecule has 134 valence electrons. The summed E-state index contributed by atoms with van der Waals surface area (Å²) in [5.41, 5.74) is 0.365. The SMILES string of the molecule is CCNC(=NCC1(CCOC)CCCC1)NCC1(C)CCCS1. The number of thioether (sulfide) groups is 1. The van der Waals surface area contributed by atoms with Crippen LogP contribution in [0.1, 0.15) is 58.8 Å². The summed E-state index contributed by atoms with van der Waals surface area (Å²) in [4.78, 5) is 4.94. The first-order chi connectivity index (χ1) is 11.1. The van der Waals surface area contributed by atoms with Crippen molar-refractivity contribution in [1.82, 2.24) is 10.6 Å². The summed E-state index contributed by atoms with van der Waals surface area (Å²) in [7, 11) is 1.80. The lowest BCUT2D eigenvalue weighted by Gasteiger charge is -2.28. The highest BCUT2D eigenvalue weighted by atomic mass is 32.2. The van der Waals surface area contributed by atoms with Crippen molar-refractivity contribution in [3.63, 3.8) is 0 Å². The van der Waals surface area contributed by atoms with Crippen molar-refractivity contribution in [2.75, 3.05) is 39.1 Å². The van der Waals surface area contributed by atoms with Crippen molar-refractivity contribution in [1.29, 1.82) is 0 Å². The summed E-state index contributed by atoms with van der Waals surface area (Å²) in [6.45, 7) is 8.22. The minimum atomic E-state index is 0.365. The van der Waals surface area contributed by atoms with Crippen molar-refractivity contribution in [3.8, 4) is 0 Å². The first-order valence-electron chi connectivity index (χ1n) is 9.27. The summed E-state index contributed by atoms with van der Waals surface area (Å²) >= 11 is 2.10. The fraction of sp³-hybridized carbons (Fsp3) is 0.944. The van der Waals surface area contributed by atoms with E-state index in [1.807, 2.05) is 0 Å². The van der Waals surface area contributed by atoms with Gasteiger partial charge in [-0.2, -0.15) is 11.8 Å². The maximum absolute atomic E-state index is 5.33. The lowest BCUT2D eigenvalue weighted by molar-refractivity contribution is 0.141. The molecule has 0 aromatic carbocycles. The molecule has 1 atom stereocenters. The van der Waals surface area contributed by atoms with Crippen LogP contribution in [0.3, 0.4) is 0 Å². The minimum Gasteiger partial charge on any atom is -0.385 e. The van der Waals surface area contributed by atoms with Crippen LogP contribution in [-0.4, -0.2) is 49.8 Å². The van der Waals surface area contributed by atoms with Crippen LogP contribution < -0.4 is 10.6 Å². The van der Waals surface area contributed by atoms with Crippen molar-refractivity contribution in [3.05, 3.63) is 0 Å². The Morgan fingerprint density at radius 2 is 1.96 bits per heavy atom. The van der Waals surface area contributed by atoms with Gasteiger partial charge < -0.3 is 15.4 Å². The number of ether oxygens (including phenoxy) is 1. The molecular formula is C18H35N3OS. The van der Waals surface area contributed by atoms with Crippen molar-refractivity contribution >= 4 is 17.7 Å². The van der Waals surface area contributed by atoms with E-state index in [0.717, 1.165) is 38.6 Å². The Morgan fingerprint density at radius 3 is 2.57 bits per heavy atom. The van der Waals surface area contributed by atoms with Gasteiger partial charge in [-0.05, 0) is 57.1 Å². The summed E-state index contributed by atoms with van der Waals surface area (Å²) in [6, 6.07) is 0. The molecule has 1 aliphatic carbocycles. The molecule has 23 heavy (non-hydrogen) atoms. The number of nitrogens with zero attached hydrogens (tertiary/aromatic N) is 1. The number of hydrogen-bond acceptors (Lipinski definition) is 3. The second kappa shape index (κ2) is 9.16. The van der Waals surface area contributed by atoms with Gasteiger partial charge in [0.25, 0.3) is 0 Å². The largest absolute Gasteiger partial charge is 0.385 e. The third-order valence-corrected chi connectivity index (χ3v) is 6.89. The molecule has 5 heteroatoms. The Hall–Kier alpha value is -0.420. The Labute approximate surface area is 146 Å². The summed E-state index contributed by atoms with van der Waals surface area (Å²) in [6.07, 6.45) is 9.08. The van der Waals surface area contributed by atoms with E-state index in [1.165, 1.54) is 44.3 Å². The van der Waals surface area contributed by atoms with E-state index < -0.39 is 0 Å². The molecule has 0 aromatic rings. The Balaban J connectivity index is 1.91. The van der Waals surface area contributed by atoms with Gasteiger partial charge in [0, 0.05) is 38.1 Å². The highest BCUT2D eigenvalue weighted by molar-refractivity contribution is 8.00. The normalized spacial score (nSPS) is 27.3. The molecule has 2 N–H and O–H groups in total. The second-order valence-corrected chi connectivity index (χ2v) is 9.08. The predicted octanol–water partition coefficient (Wildman–Crippen LogP) is 3.42. The smallest absolute Gasteiger partial charge is 0.191 e. The molecule has 2 fully saturated rings. The molecule has 0 aromatic heterocycles. The third kappa shape index (κ3) is 5.86. The summed E-state index contributed by atoms with van der Waals surface area (Å²) in [5, 5.41) is 7.01. The van der Waals surface area contributed by atoms with Gasteiger partial charge >= 0.3 is 0 Å². The van der Waals surface area contributed by atoms with Crippen LogP contribution >= 0.6 is 11.8 Å². The molecule has 1 heterocycles. The predicted molar refractivity (Wildman–Crippen MR) is 101 cm³/mol. The zero-order chi connectivity index (χ0) is 16.6. The monoisotopic (exact) mass is 341 g/mol. The first kappa shape index (κ1) is 18.9. The molecule has 0 spiro atoms. The zero-order valence-corrected chi connectivity index (χ0v) is 16.1. The molecule has 2 aliphatic rings. The Kier molecular flexibility index (Phi) is 7.54. The van der Waals surface area contributed by atoms with E-state index >= 15 is 0 Å². The number of hydrogen-bond donors (Lipinski definition) is 2. The maximum Gasteiger partial charge on any atom is 0.191 e. The fourth-order valence-electron chi connectivity index (χ4n) is 3.77. The molecule has 1 saturated heterocycles. The van der Waals surface area contributed by atoms with Crippen LogP contribution in [-0.2, 0) is 4.74 Å². The van der Waals surface area contributed by atoms with Gasteiger partial charge in [0.15, 0.2) is 5.96 Å². The van der Waals surface area contributed by atoms with Crippen LogP contribution in [0.5, 0.6) is 0 Å². The molecule has 0 amide bonds. The van der Waals surface area contributed by atoms with Crippen LogP contribution in [0.4, 0.5) is 0 Å². The number of nitrogens with one attached hydrogen (secondary N) is 2. The van der Waals surface area contributed by atoms with Gasteiger partial charge in [0.05, 0.1) is 0 Å². The maximum atomic E-state index is 5.33. The van der Waals surface area contributed by atoms with E-state index in [4.69, 9.17) is 9.73 Å². The van der Waals surface area contributed by atoms with E-state index in [0.29, 0.717) is 10.2 Å². The topological polar surface area (TPSA) is 45.7 Å². The quantitative estimate of drug-likeness (QED) is 0.524. The highest BCUT2D eigenvalue weighted by Gasteiger charge is 2.33. The van der Waals surface area contributed by atoms with Crippen molar-refractivity contribution < 1.29 is 4.74 Å². The Morgan fingerprint density at radius 1 is 1.17 bits per heavy atom. The van der Waals surface area contributed by atoms with E-state index in [-0.39, 0.29) is 0 Å². The van der Waals surface area contributed by atoms with E-state index in [2.05, 4.69) is 36.2 Å². The third-order valence-electron chi connectivity index (χ3n) is 5.35. The lowest BCUT2D eigenvalue weighted by Crippen LogP contribution is -2.44. The van der Waals surface area contributed by atoms with Crippen molar-refractivity contribution in [2.24, 2.45) is 10.4 Å². The molecule has 1 unspecified atom stereocenters. The Bertz CT molecular complexity index is 374. The number of guanidine groups is 1. The second-order valence-electron chi connectivity index (χ2n) is 7.40. The lowest BCUT2D eigenvalue weighted by atomic mass is 9.83. The first-order valence-corrected chi connectivity index (χ1v) is 10.3. The number of methoxy groups -OCH3 is 1. The molecule has 0 radical (unpaired) electrons. The van der Waals surface area contributed by atoms with Gasteiger partial charge in [-0.3, -0.25) is 4.99 Å². The average molecular weight is 342 g/mol. The molecule has 1 aliphatic heterocycles. The fourth-order valence-corrected chi connectivity index (χ4v) is 5.01. The van der Waals surface area contributed by atoms with Gasteiger partial charge in [-0.25, -0.2) is 0 Å². The molecule has 1 saturated carbocycles. The van der Waals surface area contributed by atoms with Gasteiger partial charge in [-0.1, -0.05) is 12.8 Å². The average Bonchev–Trinajstić information content (AvgIpc) is 3.19. The zero-order valence-electron chi connectivity index (χ0n) is 15.2. The van der Waals surface area contributed by atoms with Crippen LogP contribution in [0.15, 0.2) is 4.99 Å². The van der Waals surface area contributed by atoms with Crippen LogP contribution in [0.25, 0.3) is 0 Å². The minimum absolute atomic E-state index is 0.365. The molecule has 4 nitrogen and oxygen atoms in total. The van der Waals surface area contributed by atoms with Crippen molar-refractivity contribution in [2.45, 2.75) is 63.5 Å².